The fourth-order valence-corrected chi connectivity index (χ4v) is 2.07. The van der Waals surface area contributed by atoms with E-state index in [1.165, 1.54) is 0 Å². The number of rotatable bonds is 5. The first kappa shape index (κ1) is 11.9. The summed E-state index contributed by atoms with van der Waals surface area (Å²) in [5.41, 5.74) is 1.03. The van der Waals surface area contributed by atoms with Crippen LogP contribution in [-0.2, 0) is 6.54 Å². The third-order valence-electron chi connectivity index (χ3n) is 2.17. The average Bonchev–Trinajstić information content (AvgIpc) is 2.74. The average molecular weight is 249 g/mol. The van der Waals surface area contributed by atoms with Gasteiger partial charge in [0.25, 0.3) is 0 Å². The Morgan fingerprint density at radius 3 is 3.06 bits per heavy atom. The van der Waals surface area contributed by atoms with Crippen LogP contribution < -0.4 is 10.1 Å². The van der Waals surface area contributed by atoms with Gasteiger partial charge in [-0.1, -0.05) is 0 Å². The predicted octanol–water partition coefficient (Wildman–Crippen LogP) is 2.86. The molecule has 90 valence electrons. The molecule has 0 spiro atoms. The second-order valence-corrected chi connectivity index (χ2v) is 4.56. The number of hydrogen-bond donors (Lipinski definition) is 1. The van der Waals surface area contributed by atoms with Gasteiger partial charge in [-0.15, -0.1) is 11.3 Å². The molecule has 0 radical (unpaired) electrons. The van der Waals surface area contributed by atoms with Crippen molar-refractivity contribution >= 4 is 17.2 Å². The number of nitrogens with one attached hydrogen (secondary N) is 1. The molecule has 0 aliphatic heterocycles. The molecule has 2 aromatic rings. The Morgan fingerprint density at radius 1 is 1.47 bits per heavy atom. The van der Waals surface area contributed by atoms with E-state index < -0.39 is 0 Å². The van der Waals surface area contributed by atoms with Crippen molar-refractivity contribution in [3.63, 3.8) is 0 Å². The maximum absolute atomic E-state index is 5.49. The van der Waals surface area contributed by atoms with Gasteiger partial charge in [-0.2, -0.15) is 0 Å². The molecule has 0 aliphatic carbocycles. The molecule has 0 aliphatic rings. The van der Waals surface area contributed by atoms with Gasteiger partial charge in [0.15, 0.2) is 11.6 Å². The second-order valence-electron chi connectivity index (χ2n) is 3.49. The summed E-state index contributed by atoms with van der Waals surface area (Å²) < 4.78 is 5.49. The SMILES string of the molecule is CCOc1cccnc1NCc1csc(C)n1. The van der Waals surface area contributed by atoms with Crippen LogP contribution >= 0.6 is 11.3 Å². The highest BCUT2D eigenvalue weighted by molar-refractivity contribution is 7.09. The molecule has 0 saturated heterocycles. The Bertz CT molecular complexity index is 484. The van der Waals surface area contributed by atoms with E-state index in [1.54, 1.807) is 17.5 Å². The van der Waals surface area contributed by atoms with E-state index >= 15 is 0 Å². The molecule has 2 heterocycles. The fourth-order valence-electron chi connectivity index (χ4n) is 1.46. The lowest BCUT2D eigenvalue weighted by Crippen LogP contribution is -2.04. The van der Waals surface area contributed by atoms with Crippen molar-refractivity contribution in [2.75, 3.05) is 11.9 Å². The smallest absolute Gasteiger partial charge is 0.169 e. The van der Waals surface area contributed by atoms with Crippen molar-refractivity contribution < 1.29 is 4.74 Å². The summed E-state index contributed by atoms with van der Waals surface area (Å²) in [6.45, 7) is 5.26. The number of pyridine rings is 1. The van der Waals surface area contributed by atoms with Gasteiger partial charge in [0, 0.05) is 11.6 Å². The molecule has 0 bridgehead atoms. The van der Waals surface area contributed by atoms with Crippen molar-refractivity contribution in [3.05, 3.63) is 34.4 Å². The Morgan fingerprint density at radius 2 is 2.35 bits per heavy atom. The van der Waals surface area contributed by atoms with Gasteiger partial charge in [-0.3, -0.25) is 0 Å². The van der Waals surface area contributed by atoms with Crippen LogP contribution in [0.4, 0.5) is 5.82 Å². The molecule has 0 fully saturated rings. The van der Waals surface area contributed by atoms with E-state index in [1.807, 2.05) is 31.4 Å². The third-order valence-corrected chi connectivity index (χ3v) is 3.00. The highest BCUT2D eigenvalue weighted by Gasteiger charge is 2.04. The highest BCUT2D eigenvalue weighted by atomic mass is 32.1. The maximum atomic E-state index is 5.49. The first-order valence-corrected chi connectivity index (χ1v) is 6.40. The topological polar surface area (TPSA) is 47.0 Å². The van der Waals surface area contributed by atoms with Crippen LogP contribution in [0.15, 0.2) is 23.7 Å². The first-order valence-electron chi connectivity index (χ1n) is 5.52. The summed E-state index contributed by atoms with van der Waals surface area (Å²) in [5.74, 6) is 1.54. The summed E-state index contributed by atoms with van der Waals surface area (Å²) in [4.78, 5) is 8.65. The number of aryl methyl sites for hydroxylation is 1. The number of hydrogen-bond acceptors (Lipinski definition) is 5. The normalized spacial score (nSPS) is 10.2. The monoisotopic (exact) mass is 249 g/mol. The largest absolute Gasteiger partial charge is 0.490 e. The summed E-state index contributed by atoms with van der Waals surface area (Å²) >= 11 is 1.65. The van der Waals surface area contributed by atoms with Crippen LogP contribution in [0.2, 0.25) is 0 Å². The molecule has 2 aromatic heterocycles. The van der Waals surface area contributed by atoms with Gasteiger partial charge in [-0.05, 0) is 26.0 Å². The quantitative estimate of drug-likeness (QED) is 0.885. The van der Waals surface area contributed by atoms with E-state index in [2.05, 4.69) is 15.3 Å². The molecule has 1 N–H and O–H groups in total. The second kappa shape index (κ2) is 5.63. The van der Waals surface area contributed by atoms with Crippen molar-refractivity contribution in [2.45, 2.75) is 20.4 Å². The molecule has 17 heavy (non-hydrogen) atoms. The Labute approximate surface area is 105 Å². The standard InChI is InChI=1S/C12H15N3OS/c1-3-16-11-5-4-6-13-12(11)14-7-10-8-17-9(2)15-10/h4-6,8H,3,7H2,1-2H3,(H,13,14). The molecule has 0 atom stereocenters. The van der Waals surface area contributed by atoms with E-state index in [0.29, 0.717) is 13.2 Å². The summed E-state index contributed by atoms with van der Waals surface area (Å²) in [5, 5.41) is 6.36. The van der Waals surface area contributed by atoms with Crippen LogP contribution in [-0.4, -0.2) is 16.6 Å². The lowest BCUT2D eigenvalue weighted by Gasteiger charge is -2.09. The molecular weight excluding hydrogens is 234 g/mol. The highest BCUT2D eigenvalue weighted by Crippen LogP contribution is 2.21. The molecule has 5 heteroatoms. The molecule has 4 nitrogen and oxygen atoms in total. The Balaban J connectivity index is 2.03. The van der Waals surface area contributed by atoms with Crippen molar-refractivity contribution in [1.82, 2.24) is 9.97 Å². The van der Waals surface area contributed by atoms with Crippen molar-refractivity contribution in [2.24, 2.45) is 0 Å². The van der Waals surface area contributed by atoms with Gasteiger partial charge >= 0.3 is 0 Å². The summed E-state index contributed by atoms with van der Waals surface area (Å²) in [7, 11) is 0. The lowest BCUT2D eigenvalue weighted by atomic mass is 10.4. The molecule has 0 saturated carbocycles. The zero-order chi connectivity index (χ0) is 12.1. The Kier molecular flexibility index (Phi) is 3.93. The van der Waals surface area contributed by atoms with Crippen LogP contribution in [0.1, 0.15) is 17.6 Å². The van der Waals surface area contributed by atoms with E-state index in [4.69, 9.17) is 4.74 Å². The fraction of sp³-hybridized carbons (Fsp3) is 0.333. The zero-order valence-corrected chi connectivity index (χ0v) is 10.8. The van der Waals surface area contributed by atoms with Gasteiger partial charge in [0.05, 0.1) is 23.9 Å². The number of ether oxygens (including phenoxy) is 1. The van der Waals surface area contributed by atoms with E-state index in [0.717, 1.165) is 22.3 Å². The van der Waals surface area contributed by atoms with E-state index in [-0.39, 0.29) is 0 Å². The van der Waals surface area contributed by atoms with Crippen LogP contribution in [0.5, 0.6) is 5.75 Å². The van der Waals surface area contributed by atoms with Gasteiger partial charge in [0.1, 0.15) is 0 Å². The number of anilines is 1. The predicted molar refractivity (Wildman–Crippen MR) is 69.6 cm³/mol. The molecule has 0 aromatic carbocycles. The minimum Gasteiger partial charge on any atom is -0.490 e. The van der Waals surface area contributed by atoms with Crippen LogP contribution in [0, 0.1) is 6.92 Å². The Hall–Kier alpha value is -1.62. The number of nitrogens with zero attached hydrogens (tertiary/aromatic N) is 2. The third kappa shape index (κ3) is 3.17. The maximum Gasteiger partial charge on any atom is 0.169 e. The van der Waals surface area contributed by atoms with Gasteiger partial charge in [0.2, 0.25) is 0 Å². The van der Waals surface area contributed by atoms with E-state index in [9.17, 15) is 0 Å². The van der Waals surface area contributed by atoms with Crippen LogP contribution in [0.25, 0.3) is 0 Å². The molecule has 2 rings (SSSR count). The minimum atomic E-state index is 0.635. The number of thiazole rings is 1. The molecule has 0 unspecified atom stereocenters. The van der Waals surface area contributed by atoms with Crippen LogP contribution in [0.3, 0.4) is 0 Å². The lowest BCUT2D eigenvalue weighted by molar-refractivity contribution is 0.340. The molecular formula is C12H15N3OS. The summed E-state index contributed by atoms with van der Waals surface area (Å²) in [6.07, 6.45) is 1.75. The van der Waals surface area contributed by atoms with Gasteiger partial charge in [-0.25, -0.2) is 9.97 Å². The molecule has 0 amide bonds. The van der Waals surface area contributed by atoms with Crippen molar-refractivity contribution in [1.29, 1.82) is 0 Å². The van der Waals surface area contributed by atoms with Crippen molar-refractivity contribution in [3.8, 4) is 5.75 Å². The minimum absolute atomic E-state index is 0.635. The zero-order valence-electron chi connectivity index (χ0n) is 9.93. The first-order chi connectivity index (χ1) is 8.29. The van der Waals surface area contributed by atoms with Gasteiger partial charge < -0.3 is 10.1 Å². The summed E-state index contributed by atoms with van der Waals surface area (Å²) in [6, 6.07) is 3.77. The number of aromatic nitrogens is 2.